The molecule has 0 aliphatic carbocycles. The fourth-order valence-corrected chi connectivity index (χ4v) is 4.93. The van der Waals surface area contributed by atoms with E-state index in [0.717, 1.165) is 11.1 Å². The summed E-state index contributed by atoms with van der Waals surface area (Å²) in [7, 11) is 2.03. The van der Waals surface area contributed by atoms with Crippen molar-refractivity contribution in [3.05, 3.63) is 65.4 Å². The van der Waals surface area contributed by atoms with Crippen molar-refractivity contribution in [2.45, 2.75) is 24.5 Å². The molecule has 1 heterocycles. The van der Waals surface area contributed by atoms with E-state index in [1.54, 1.807) is 21.0 Å². The average molecular weight is 414 g/mol. The number of nitrogens with one attached hydrogen (secondary N) is 1. The molecule has 3 rings (SSSR count). The van der Waals surface area contributed by atoms with E-state index in [4.69, 9.17) is 0 Å². The lowest BCUT2D eigenvalue weighted by atomic mass is 9.99. The predicted molar refractivity (Wildman–Crippen MR) is 116 cm³/mol. The molecule has 146 valence electrons. The Morgan fingerprint density at radius 1 is 1.14 bits per heavy atom. The fourth-order valence-electron chi connectivity index (χ4n) is 2.88. The van der Waals surface area contributed by atoms with Gasteiger partial charge in [0.15, 0.2) is 5.13 Å². The van der Waals surface area contributed by atoms with Crippen LogP contribution in [0.2, 0.25) is 0 Å². The van der Waals surface area contributed by atoms with Crippen LogP contribution in [-0.2, 0) is 22.2 Å². The monoisotopic (exact) mass is 413 g/mol. The van der Waals surface area contributed by atoms with E-state index < -0.39 is 11.0 Å². The Bertz CT molecular complexity index is 1010. The van der Waals surface area contributed by atoms with Crippen LogP contribution < -0.4 is 9.62 Å². The Morgan fingerprint density at radius 3 is 2.46 bits per heavy atom. The van der Waals surface area contributed by atoms with E-state index in [1.165, 1.54) is 27.4 Å². The van der Waals surface area contributed by atoms with E-state index in [0.29, 0.717) is 15.0 Å². The molecule has 0 fully saturated rings. The van der Waals surface area contributed by atoms with Crippen molar-refractivity contribution in [2.24, 2.45) is 0 Å². The number of benzene rings is 2. The number of likely N-dealkylation sites (N-methyl/N-ethyl adjacent to an activating group) is 1. The number of anilines is 1. The van der Waals surface area contributed by atoms with Crippen LogP contribution in [0.1, 0.15) is 16.8 Å². The van der Waals surface area contributed by atoms with Gasteiger partial charge in [-0.3, -0.25) is 9.69 Å². The lowest BCUT2D eigenvalue weighted by molar-refractivity contribution is -0.117. The Hall–Kier alpha value is -2.35. The zero-order chi connectivity index (χ0) is 20.3. The fraction of sp³-hybridized carbons (Fsp3) is 0.238. The average Bonchev–Trinajstić information content (AvgIpc) is 3.09. The van der Waals surface area contributed by atoms with Gasteiger partial charge in [0.2, 0.25) is 5.91 Å². The zero-order valence-electron chi connectivity index (χ0n) is 16.4. The molecule has 7 heteroatoms. The van der Waals surface area contributed by atoms with Gasteiger partial charge in [-0.25, -0.2) is 13.9 Å². The maximum atomic E-state index is 12.7. The van der Waals surface area contributed by atoms with Gasteiger partial charge in [-0.1, -0.05) is 59.9 Å². The third-order valence-electron chi connectivity index (χ3n) is 4.52. The first kappa shape index (κ1) is 20.4. The molecule has 3 aromatic rings. The minimum absolute atomic E-state index is 0.0563. The second kappa shape index (κ2) is 8.77. The van der Waals surface area contributed by atoms with E-state index in [-0.39, 0.29) is 12.3 Å². The smallest absolute Gasteiger partial charge is 0.232 e. The molecule has 0 saturated heterocycles. The van der Waals surface area contributed by atoms with Crippen LogP contribution in [0.3, 0.4) is 0 Å². The van der Waals surface area contributed by atoms with Crippen molar-refractivity contribution in [2.75, 3.05) is 19.0 Å². The van der Waals surface area contributed by atoms with Crippen molar-refractivity contribution < 1.29 is 9.00 Å². The standard InChI is InChI=1S/C21H23N3O2S2/c1-14-7-5-6-8-18(14)17-11-9-16(10-12-17)13-19(25)24(4)21-23-15(2)20(27-21)28(26)22-3/h5-12,22H,13H2,1-4H3. The molecular weight excluding hydrogens is 390 g/mol. The second-order valence-electron chi connectivity index (χ2n) is 6.48. The number of carbonyl (C=O) groups is 1. The van der Waals surface area contributed by atoms with Crippen LogP contribution in [0.5, 0.6) is 0 Å². The van der Waals surface area contributed by atoms with Gasteiger partial charge in [0.1, 0.15) is 15.2 Å². The lowest BCUT2D eigenvalue weighted by Crippen LogP contribution is -2.27. The highest BCUT2D eigenvalue weighted by atomic mass is 32.2. The van der Waals surface area contributed by atoms with Crippen molar-refractivity contribution in [1.82, 2.24) is 9.71 Å². The number of aryl methyl sites for hydroxylation is 2. The summed E-state index contributed by atoms with van der Waals surface area (Å²) >= 11 is 1.27. The molecule has 1 aromatic heterocycles. The van der Waals surface area contributed by atoms with Crippen LogP contribution >= 0.6 is 11.3 Å². The second-order valence-corrected chi connectivity index (χ2v) is 9.07. The number of hydrogen-bond donors (Lipinski definition) is 1. The van der Waals surface area contributed by atoms with Gasteiger partial charge in [0.05, 0.1) is 12.1 Å². The molecule has 0 aliphatic heterocycles. The summed E-state index contributed by atoms with van der Waals surface area (Å²) in [4.78, 5) is 18.6. The number of amides is 1. The van der Waals surface area contributed by atoms with Gasteiger partial charge in [-0.2, -0.15) is 0 Å². The van der Waals surface area contributed by atoms with Gasteiger partial charge >= 0.3 is 0 Å². The first-order valence-corrected chi connectivity index (χ1v) is 10.9. The van der Waals surface area contributed by atoms with E-state index in [1.807, 2.05) is 36.4 Å². The number of rotatable bonds is 6. The van der Waals surface area contributed by atoms with Gasteiger partial charge in [0.25, 0.3) is 0 Å². The Balaban J connectivity index is 1.72. The molecular formula is C21H23N3O2S2. The summed E-state index contributed by atoms with van der Waals surface area (Å²) in [5.41, 5.74) is 5.18. The van der Waals surface area contributed by atoms with Crippen LogP contribution in [0, 0.1) is 13.8 Å². The van der Waals surface area contributed by atoms with Crippen molar-refractivity contribution in [1.29, 1.82) is 0 Å². The summed E-state index contributed by atoms with van der Waals surface area (Å²) in [5.74, 6) is -0.0563. The molecule has 0 saturated carbocycles. The maximum Gasteiger partial charge on any atom is 0.232 e. The molecule has 0 bridgehead atoms. The predicted octanol–water partition coefficient (Wildman–Crippen LogP) is 3.87. The molecule has 1 unspecified atom stereocenters. The summed E-state index contributed by atoms with van der Waals surface area (Å²) in [5, 5.41) is 0.553. The third kappa shape index (κ3) is 4.38. The molecule has 28 heavy (non-hydrogen) atoms. The Morgan fingerprint density at radius 2 is 1.82 bits per heavy atom. The number of aromatic nitrogens is 1. The molecule has 1 N–H and O–H groups in total. The van der Waals surface area contributed by atoms with Crippen LogP contribution in [-0.4, -0.2) is 29.2 Å². The minimum atomic E-state index is -1.30. The van der Waals surface area contributed by atoms with Gasteiger partial charge < -0.3 is 0 Å². The Labute approximate surface area is 172 Å². The first-order valence-electron chi connectivity index (χ1n) is 8.88. The molecule has 0 aliphatic rings. The van der Waals surface area contributed by atoms with Gasteiger partial charge in [0, 0.05) is 7.05 Å². The highest BCUT2D eigenvalue weighted by Gasteiger charge is 2.19. The van der Waals surface area contributed by atoms with Crippen LogP contribution in [0.15, 0.2) is 52.7 Å². The summed E-state index contributed by atoms with van der Waals surface area (Å²) in [6.07, 6.45) is 0.285. The molecule has 5 nitrogen and oxygen atoms in total. The SMILES string of the molecule is CNS(=O)c1sc(N(C)C(=O)Cc2ccc(-c3ccccc3C)cc2)nc1C. The maximum absolute atomic E-state index is 12.7. The van der Waals surface area contributed by atoms with Gasteiger partial charge in [-0.05, 0) is 43.1 Å². The summed E-state index contributed by atoms with van der Waals surface area (Å²) in [6, 6.07) is 16.3. The number of nitrogens with zero attached hydrogens (tertiary/aromatic N) is 2. The van der Waals surface area contributed by atoms with E-state index in [2.05, 4.69) is 28.8 Å². The van der Waals surface area contributed by atoms with Crippen LogP contribution in [0.4, 0.5) is 5.13 Å². The first-order chi connectivity index (χ1) is 13.4. The molecule has 1 atom stereocenters. The molecule has 0 radical (unpaired) electrons. The highest BCUT2D eigenvalue weighted by molar-refractivity contribution is 7.85. The normalized spacial score (nSPS) is 12.0. The summed E-state index contributed by atoms with van der Waals surface area (Å²) < 4.78 is 15.3. The molecule has 0 spiro atoms. The van der Waals surface area contributed by atoms with Crippen LogP contribution in [0.25, 0.3) is 11.1 Å². The molecule has 1 amide bonds. The van der Waals surface area contributed by atoms with Crippen molar-refractivity contribution in [3.8, 4) is 11.1 Å². The zero-order valence-corrected chi connectivity index (χ0v) is 18.0. The number of thiazole rings is 1. The summed E-state index contributed by atoms with van der Waals surface area (Å²) in [6.45, 7) is 3.89. The van der Waals surface area contributed by atoms with Gasteiger partial charge in [-0.15, -0.1) is 0 Å². The lowest BCUT2D eigenvalue weighted by Gasteiger charge is -2.14. The van der Waals surface area contributed by atoms with E-state index >= 15 is 0 Å². The quantitative estimate of drug-likeness (QED) is 0.667. The number of hydrogen-bond acceptors (Lipinski definition) is 4. The van der Waals surface area contributed by atoms with Crippen molar-refractivity contribution in [3.63, 3.8) is 0 Å². The van der Waals surface area contributed by atoms with Crippen molar-refractivity contribution >= 4 is 33.4 Å². The molecule has 2 aromatic carbocycles. The van der Waals surface area contributed by atoms with E-state index in [9.17, 15) is 9.00 Å². The topological polar surface area (TPSA) is 62.3 Å². The largest absolute Gasteiger partial charge is 0.291 e. The third-order valence-corrected chi connectivity index (χ3v) is 7.26. The minimum Gasteiger partial charge on any atom is -0.291 e. The Kier molecular flexibility index (Phi) is 6.39. The number of carbonyl (C=O) groups excluding carboxylic acids is 1. The highest BCUT2D eigenvalue weighted by Crippen LogP contribution is 2.28.